The van der Waals surface area contributed by atoms with Crippen LogP contribution in [0, 0.1) is 6.92 Å². The van der Waals surface area contributed by atoms with Crippen molar-refractivity contribution in [3.05, 3.63) is 65.7 Å². The average Bonchev–Trinajstić information content (AvgIpc) is 3.14. The maximum atomic E-state index is 13.3. The molecule has 0 unspecified atom stereocenters. The molecule has 0 aliphatic heterocycles. The van der Waals surface area contributed by atoms with Crippen molar-refractivity contribution in [1.82, 2.24) is 20.2 Å². The van der Waals surface area contributed by atoms with Crippen LogP contribution in [0.15, 0.2) is 64.6 Å². The van der Waals surface area contributed by atoms with Gasteiger partial charge in [-0.15, -0.1) is 5.10 Å². The number of rotatable bonds is 4. The van der Waals surface area contributed by atoms with Crippen LogP contribution in [0.25, 0.3) is 10.8 Å². The van der Waals surface area contributed by atoms with Gasteiger partial charge in [0, 0.05) is 30.1 Å². The first kappa shape index (κ1) is 18.9. The second-order valence-electron chi connectivity index (χ2n) is 6.65. The molecule has 146 valence electrons. The molecule has 1 N–H and O–H groups in total. The summed E-state index contributed by atoms with van der Waals surface area (Å²) in [7, 11) is 3.46. The van der Waals surface area contributed by atoms with Gasteiger partial charge in [0.15, 0.2) is 0 Å². The van der Waals surface area contributed by atoms with Crippen molar-refractivity contribution in [1.29, 1.82) is 0 Å². The normalized spacial score (nSPS) is 11.0. The zero-order chi connectivity index (χ0) is 20.5. The van der Waals surface area contributed by atoms with Crippen LogP contribution in [-0.2, 0) is 7.05 Å². The van der Waals surface area contributed by atoms with Crippen LogP contribution in [0.4, 0.5) is 5.69 Å². The summed E-state index contributed by atoms with van der Waals surface area (Å²) in [6, 6.07) is 16.8. The van der Waals surface area contributed by atoms with Crippen molar-refractivity contribution in [3.63, 3.8) is 0 Å². The number of aromatic hydroxyl groups is 1. The van der Waals surface area contributed by atoms with Crippen molar-refractivity contribution in [2.45, 2.75) is 17.0 Å². The van der Waals surface area contributed by atoms with Crippen LogP contribution in [0.1, 0.15) is 15.9 Å². The molecule has 1 heterocycles. The molecule has 7 nitrogen and oxygen atoms in total. The highest BCUT2D eigenvalue weighted by molar-refractivity contribution is 7.99. The third-order valence-electron chi connectivity index (χ3n) is 4.77. The lowest BCUT2D eigenvalue weighted by molar-refractivity contribution is 0.0990. The smallest absolute Gasteiger partial charge is 0.261 e. The summed E-state index contributed by atoms with van der Waals surface area (Å²) in [4.78, 5) is 15.6. The number of aryl methyl sites for hydroxylation is 2. The molecule has 0 spiro atoms. The minimum Gasteiger partial charge on any atom is -0.506 e. The minimum absolute atomic E-state index is 0.0357. The highest BCUT2D eigenvalue weighted by Crippen LogP contribution is 2.39. The molecular formula is C21H19N5O2S. The Labute approximate surface area is 172 Å². The molecule has 29 heavy (non-hydrogen) atoms. The first-order chi connectivity index (χ1) is 14.0. The second kappa shape index (κ2) is 7.56. The summed E-state index contributed by atoms with van der Waals surface area (Å²) in [6.07, 6.45) is 0. The number of phenols is 1. The number of hydrogen-bond donors (Lipinski definition) is 1. The van der Waals surface area contributed by atoms with Gasteiger partial charge < -0.3 is 10.0 Å². The Morgan fingerprint density at radius 2 is 1.79 bits per heavy atom. The number of nitrogens with zero attached hydrogens (tertiary/aromatic N) is 5. The fourth-order valence-corrected chi connectivity index (χ4v) is 4.12. The number of amides is 1. The molecule has 4 aromatic rings. The third-order valence-corrected chi connectivity index (χ3v) is 5.86. The molecule has 0 atom stereocenters. The van der Waals surface area contributed by atoms with Gasteiger partial charge >= 0.3 is 0 Å². The van der Waals surface area contributed by atoms with Crippen molar-refractivity contribution in [2.24, 2.45) is 7.05 Å². The zero-order valence-electron chi connectivity index (χ0n) is 16.2. The number of carbonyl (C=O) groups is 1. The molecule has 0 bridgehead atoms. The molecule has 4 rings (SSSR count). The second-order valence-corrected chi connectivity index (χ2v) is 7.66. The Morgan fingerprint density at radius 1 is 1.10 bits per heavy atom. The number of carbonyl (C=O) groups excluding carboxylic acids is 1. The van der Waals surface area contributed by atoms with Crippen LogP contribution < -0.4 is 4.90 Å². The van der Waals surface area contributed by atoms with E-state index in [0.717, 1.165) is 21.5 Å². The van der Waals surface area contributed by atoms with E-state index in [1.807, 2.05) is 49.4 Å². The van der Waals surface area contributed by atoms with Crippen molar-refractivity contribution >= 4 is 34.1 Å². The Morgan fingerprint density at radius 3 is 2.48 bits per heavy atom. The molecule has 3 aromatic carbocycles. The zero-order valence-corrected chi connectivity index (χ0v) is 17.0. The Hall–Kier alpha value is -3.39. The predicted octanol–water partition coefficient (Wildman–Crippen LogP) is 3.81. The maximum absolute atomic E-state index is 13.3. The van der Waals surface area contributed by atoms with E-state index in [1.165, 1.54) is 11.8 Å². The third kappa shape index (κ3) is 3.42. The van der Waals surface area contributed by atoms with Crippen molar-refractivity contribution in [3.8, 4) is 5.75 Å². The standard InChI is InChI=1S/C21H19N5O2S/c1-13-8-4-7-11-17(13)25(2)20(28)16-12-18(29-21-22-23-24-26(21)3)14-9-5-6-10-15(14)19(16)27/h4-12,27H,1-3H3. The summed E-state index contributed by atoms with van der Waals surface area (Å²) >= 11 is 1.35. The van der Waals surface area contributed by atoms with Gasteiger partial charge in [-0.05, 0) is 52.2 Å². The molecule has 8 heteroatoms. The lowest BCUT2D eigenvalue weighted by Gasteiger charge is -2.21. The molecule has 0 fully saturated rings. The average molecular weight is 405 g/mol. The first-order valence-corrected chi connectivity index (χ1v) is 9.77. The summed E-state index contributed by atoms with van der Waals surface area (Å²) in [5.74, 6) is -0.327. The summed E-state index contributed by atoms with van der Waals surface area (Å²) < 4.78 is 1.56. The predicted molar refractivity (Wildman–Crippen MR) is 112 cm³/mol. The van der Waals surface area contributed by atoms with E-state index in [4.69, 9.17) is 0 Å². The highest BCUT2D eigenvalue weighted by atomic mass is 32.2. The molecule has 0 saturated heterocycles. The van der Waals surface area contributed by atoms with E-state index in [2.05, 4.69) is 15.5 Å². The minimum atomic E-state index is -0.291. The van der Waals surface area contributed by atoms with E-state index in [1.54, 1.807) is 35.8 Å². The van der Waals surface area contributed by atoms with Crippen molar-refractivity contribution < 1.29 is 9.90 Å². The molecule has 0 aliphatic carbocycles. The number of tetrazole rings is 1. The molecule has 1 amide bonds. The van der Waals surface area contributed by atoms with Gasteiger partial charge in [0.25, 0.3) is 5.91 Å². The molecule has 0 aliphatic rings. The number of phenolic OH excluding ortho intramolecular Hbond substituents is 1. The van der Waals surface area contributed by atoms with Crippen molar-refractivity contribution in [2.75, 3.05) is 11.9 Å². The molecule has 1 aromatic heterocycles. The number of benzene rings is 3. The lowest BCUT2D eigenvalue weighted by atomic mass is 10.0. The maximum Gasteiger partial charge on any atom is 0.261 e. The van der Waals surface area contributed by atoms with Gasteiger partial charge in [0.05, 0.1) is 5.56 Å². The Balaban J connectivity index is 1.84. The fourth-order valence-electron chi connectivity index (χ4n) is 3.21. The van der Waals surface area contributed by atoms with Gasteiger partial charge in [0.1, 0.15) is 5.75 Å². The topological polar surface area (TPSA) is 84.1 Å². The quantitative estimate of drug-likeness (QED) is 0.556. The summed E-state index contributed by atoms with van der Waals surface area (Å²) in [5.41, 5.74) is 1.99. The fraction of sp³-hybridized carbons (Fsp3) is 0.143. The molecule has 0 saturated carbocycles. The van der Waals surface area contributed by atoms with Crippen LogP contribution in [0.2, 0.25) is 0 Å². The van der Waals surface area contributed by atoms with Gasteiger partial charge in [-0.3, -0.25) is 4.79 Å². The van der Waals surface area contributed by atoms with Crippen LogP contribution in [0.3, 0.4) is 0 Å². The summed E-state index contributed by atoms with van der Waals surface area (Å²) in [5, 5.41) is 24.4. The summed E-state index contributed by atoms with van der Waals surface area (Å²) in [6.45, 7) is 1.95. The van der Waals surface area contributed by atoms with E-state index < -0.39 is 0 Å². The first-order valence-electron chi connectivity index (χ1n) is 8.96. The van der Waals surface area contributed by atoms with E-state index in [0.29, 0.717) is 10.5 Å². The van der Waals surface area contributed by atoms with Crippen LogP contribution >= 0.6 is 11.8 Å². The Kier molecular flexibility index (Phi) is 4.94. The molecular weight excluding hydrogens is 386 g/mol. The molecule has 0 radical (unpaired) electrons. The monoisotopic (exact) mass is 405 g/mol. The Bertz CT molecular complexity index is 1220. The van der Waals surface area contributed by atoms with Crippen LogP contribution in [0.5, 0.6) is 5.75 Å². The number of fused-ring (bicyclic) bond motifs is 1. The number of hydrogen-bond acceptors (Lipinski definition) is 6. The van der Waals surface area contributed by atoms with E-state index in [9.17, 15) is 9.90 Å². The lowest BCUT2D eigenvalue weighted by Crippen LogP contribution is -2.27. The number of para-hydroxylation sites is 1. The van der Waals surface area contributed by atoms with Gasteiger partial charge in [-0.1, -0.05) is 42.5 Å². The van der Waals surface area contributed by atoms with Gasteiger partial charge in [-0.25, -0.2) is 4.68 Å². The highest BCUT2D eigenvalue weighted by Gasteiger charge is 2.22. The number of anilines is 1. The largest absolute Gasteiger partial charge is 0.506 e. The number of aromatic nitrogens is 4. The van der Waals surface area contributed by atoms with E-state index >= 15 is 0 Å². The van der Waals surface area contributed by atoms with Crippen LogP contribution in [-0.4, -0.2) is 38.3 Å². The van der Waals surface area contributed by atoms with Gasteiger partial charge in [-0.2, -0.15) is 0 Å². The SMILES string of the molecule is Cc1ccccc1N(C)C(=O)c1cc(Sc2nnnn2C)c2ccccc2c1O. The van der Waals surface area contributed by atoms with E-state index in [-0.39, 0.29) is 17.2 Å². The van der Waals surface area contributed by atoms with Gasteiger partial charge in [0.2, 0.25) is 5.16 Å².